The smallest absolute Gasteiger partial charge is 0.0271 e. The summed E-state index contributed by atoms with van der Waals surface area (Å²) in [6.07, 6.45) is 11.6. The van der Waals surface area contributed by atoms with E-state index in [1.165, 1.54) is 51.1 Å². The Balaban J connectivity index is 1.24. The minimum absolute atomic E-state index is 0.893. The second-order valence-electron chi connectivity index (χ2n) is 6.97. The molecule has 0 amide bonds. The molecule has 2 fully saturated rings. The molecule has 0 N–H and O–H groups in total. The molecule has 2 bridgehead atoms. The van der Waals surface area contributed by atoms with Gasteiger partial charge in [0.15, 0.2) is 0 Å². The van der Waals surface area contributed by atoms with Gasteiger partial charge in [0.1, 0.15) is 0 Å². The molecule has 3 aliphatic rings. The highest BCUT2D eigenvalue weighted by atomic mass is 15.3. The maximum absolute atomic E-state index is 4.09. The van der Waals surface area contributed by atoms with Crippen LogP contribution in [0.15, 0.2) is 36.7 Å². The zero-order valence-corrected chi connectivity index (χ0v) is 12.7. The summed E-state index contributed by atoms with van der Waals surface area (Å²) in [5.41, 5.74) is 1.39. The molecular formula is C18H25N3. The van der Waals surface area contributed by atoms with Gasteiger partial charge in [0.05, 0.1) is 0 Å². The van der Waals surface area contributed by atoms with Crippen molar-refractivity contribution >= 4 is 0 Å². The molecule has 3 atom stereocenters. The number of hydrogen-bond acceptors (Lipinski definition) is 3. The minimum atomic E-state index is 0.893. The molecule has 1 aliphatic heterocycles. The van der Waals surface area contributed by atoms with E-state index in [9.17, 15) is 0 Å². The lowest BCUT2D eigenvalue weighted by Crippen LogP contribution is -2.47. The lowest BCUT2D eigenvalue weighted by atomic mass is 9.93. The van der Waals surface area contributed by atoms with Crippen LogP contribution in [0.5, 0.6) is 0 Å². The SMILES string of the molecule is C1=C[C@@H]2C[C@@H]1C[C@@H]2CN1CCN(Cc2ccncc2)CC1. The highest BCUT2D eigenvalue weighted by Crippen LogP contribution is 2.43. The normalized spacial score (nSPS) is 32.9. The van der Waals surface area contributed by atoms with Crippen LogP contribution in [-0.2, 0) is 6.54 Å². The number of piperazine rings is 1. The quantitative estimate of drug-likeness (QED) is 0.791. The van der Waals surface area contributed by atoms with Crippen molar-refractivity contribution < 1.29 is 0 Å². The predicted molar refractivity (Wildman–Crippen MR) is 84.8 cm³/mol. The molecule has 0 unspecified atom stereocenters. The van der Waals surface area contributed by atoms with Crippen molar-refractivity contribution in [2.24, 2.45) is 17.8 Å². The summed E-state index contributed by atoms with van der Waals surface area (Å²) in [4.78, 5) is 9.37. The fourth-order valence-electron chi connectivity index (χ4n) is 4.31. The second kappa shape index (κ2) is 5.90. The number of aromatic nitrogens is 1. The van der Waals surface area contributed by atoms with E-state index in [1.54, 1.807) is 0 Å². The van der Waals surface area contributed by atoms with Crippen LogP contribution in [0.4, 0.5) is 0 Å². The Morgan fingerprint density at radius 1 is 0.952 bits per heavy atom. The maximum atomic E-state index is 4.09. The van der Waals surface area contributed by atoms with Gasteiger partial charge in [-0.05, 0) is 48.3 Å². The van der Waals surface area contributed by atoms with E-state index in [2.05, 4.69) is 39.1 Å². The zero-order chi connectivity index (χ0) is 14.1. The lowest BCUT2D eigenvalue weighted by molar-refractivity contribution is 0.108. The van der Waals surface area contributed by atoms with Gasteiger partial charge < -0.3 is 4.90 Å². The summed E-state index contributed by atoms with van der Waals surface area (Å²) in [6, 6.07) is 4.27. The largest absolute Gasteiger partial charge is 0.300 e. The van der Waals surface area contributed by atoms with E-state index >= 15 is 0 Å². The Labute approximate surface area is 127 Å². The molecule has 0 spiro atoms. The highest BCUT2D eigenvalue weighted by Gasteiger charge is 2.36. The van der Waals surface area contributed by atoms with Crippen LogP contribution in [0, 0.1) is 17.8 Å². The summed E-state index contributed by atoms with van der Waals surface area (Å²) in [7, 11) is 0. The molecule has 1 aromatic heterocycles. The highest BCUT2D eigenvalue weighted by molar-refractivity contribution is 5.11. The monoisotopic (exact) mass is 283 g/mol. The number of hydrogen-bond donors (Lipinski definition) is 0. The molecule has 1 saturated heterocycles. The Hall–Kier alpha value is -1.19. The van der Waals surface area contributed by atoms with E-state index in [-0.39, 0.29) is 0 Å². The van der Waals surface area contributed by atoms with E-state index < -0.39 is 0 Å². The van der Waals surface area contributed by atoms with Gasteiger partial charge >= 0.3 is 0 Å². The molecule has 112 valence electrons. The Morgan fingerprint density at radius 3 is 2.38 bits per heavy atom. The molecule has 0 radical (unpaired) electrons. The fourth-order valence-corrected chi connectivity index (χ4v) is 4.31. The van der Waals surface area contributed by atoms with E-state index in [1.807, 2.05) is 12.4 Å². The molecule has 4 rings (SSSR count). The van der Waals surface area contributed by atoms with Crippen molar-refractivity contribution in [2.75, 3.05) is 32.7 Å². The summed E-state index contributed by atoms with van der Waals surface area (Å²) >= 11 is 0. The fraction of sp³-hybridized carbons (Fsp3) is 0.611. The number of fused-ring (bicyclic) bond motifs is 2. The van der Waals surface area contributed by atoms with Crippen LogP contribution in [0.25, 0.3) is 0 Å². The first-order chi connectivity index (χ1) is 10.4. The number of nitrogens with zero attached hydrogens (tertiary/aromatic N) is 3. The second-order valence-corrected chi connectivity index (χ2v) is 6.97. The van der Waals surface area contributed by atoms with E-state index in [0.717, 1.165) is 24.3 Å². The van der Waals surface area contributed by atoms with Crippen molar-refractivity contribution in [3.05, 3.63) is 42.2 Å². The van der Waals surface area contributed by atoms with Crippen molar-refractivity contribution in [1.29, 1.82) is 0 Å². The predicted octanol–water partition coefficient (Wildman–Crippen LogP) is 2.41. The zero-order valence-electron chi connectivity index (χ0n) is 12.7. The average molecular weight is 283 g/mol. The number of allylic oxidation sites excluding steroid dienone is 2. The Morgan fingerprint density at radius 2 is 1.71 bits per heavy atom. The third kappa shape index (κ3) is 3.04. The van der Waals surface area contributed by atoms with Crippen molar-refractivity contribution in [1.82, 2.24) is 14.8 Å². The van der Waals surface area contributed by atoms with Crippen LogP contribution in [0.3, 0.4) is 0 Å². The first kappa shape index (κ1) is 13.5. The molecule has 2 heterocycles. The van der Waals surface area contributed by atoms with Gasteiger partial charge in [-0.2, -0.15) is 0 Å². The van der Waals surface area contributed by atoms with Crippen molar-refractivity contribution in [2.45, 2.75) is 19.4 Å². The van der Waals surface area contributed by atoms with Gasteiger partial charge in [-0.15, -0.1) is 0 Å². The van der Waals surface area contributed by atoms with E-state index in [0.29, 0.717) is 0 Å². The summed E-state index contributed by atoms with van der Waals surface area (Å²) in [6.45, 7) is 7.30. The standard InChI is InChI=1S/C18H25N3/c1-2-17-11-16(1)12-18(17)14-21-9-7-20(8-10-21)13-15-3-5-19-6-4-15/h1-6,16-18H,7-14H2/t16-,17-,18-/m1/s1. The third-order valence-corrected chi connectivity index (χ3v) is 5.53. The summed E-state index contributed by atoms with van der Waals surface area (Å²) in [5, 5.41) is 0. The van der Waals surface area contributed by atoms with Crippen LogP contribution in [-0.4, -0.2) is 47.5 Å². The van der Waals surface area contributed by atoms with Crippen molar-refractivity contribution in [3.63, 3.8) is 0 Å². The number of rotatable bonds is 4. The van der Waals surface area contributed by atoms with Gasteiger partial charge in [-0.1, -0.05) is 12.2 Å². The molecule has 3 heteroatoms. The average Bonchev–Trinajstić information content (AvgIpc) is 3.13. The van der Waals surface area contributed by atoms with Gasteiger partial charge in [0.2, 0.25) is 0 Å². The maximum Gasteiger partial charge on any atom is 0.0271 e. The van der Waals surface area contributed by atoms with Crippen molar-refractivity contribution in [3.8, 4) is 0 Å². The first-order valence-electron chi connectivity index (χ1n) is 8.39. The summed E-state index contributed by atoms with van der Waals surface area (Å²) < 4.78 is 0. The lowest BCUT2D eigenvalue weighted by Gasteiger charge is -2.37. The number of pyridine rings is 1. The first-order valence-corrected chi connectivity index (χ1v) is 8.39. The molecule has 3 nitrogen and oxygen atoms in total. The molecular weight excluding hydrogens is 258 g/mol. The van der Waals surface area contributed by atoms with Gasteiger partial charge in [0.25, 0.3) is 0 Å². The van der Waals surface area contributed by atoms with Crippen LogP contribution in [0.1, 0.15) is 18.4 Å². The van der Waals surface area contributed by atoms with E-state index in [4.69, 9.17) is 0 Å². The van der Waals surface area contributed by atoms with Gasteiger partial charge in [0, 0.05) is 51.7 Å². The molecule has 0 aromatic carbocycles. The molecule has 1 aromatic rings. The van der Waals surface area contributed by atoms with Crippen LogP contribution in [0.2, 0.25) is 0 Å². The van der Waals surface area contributed by atoms with Gasteiger partial charge in [-0.3, -0.25) is 9.88 Å². The minimum Gasteiger partial charge on any atom is -0.300 e. The molecule has 21 heavy (non-hydrogen) atoms. The Bertz CT molecular complexity index is 490. The topological polar surface area (TPSA) is 19.4 Å². The van der Waals surface area contributed by atoms with Crippen LogP contribution >= 0.6 is 0 Å². The third-order valence-electron chi connectivity index (χ3n) is 5.53. The van der Waals surface area contributed by atoms with Crippen LogP contribution < -0.4 is 0 Å². The summed E-state index contributed by atoms with van der Waals surface area (Å²) in [5.74, 6) is 2.74. The molecule has 1 saturated carbocycles. The molecule has 2 aliphatic carbocycles. The Kier molecular flexibility index (Phi) is 3.78. The van der Waals surface area contributed by atoms with Gasteiger partial charge in [-0.25, -0.2) is 0 Å².